The number of nitrogen functional groups attached to an aromatic ring is 1. The number of aromatic nitrogens is 3. The number of anilines is 2. The number of rotatable bonds is 4. The third kappa shape index (κ3) is 4.36. The molecule has 3 aromatic carbocycles. The quantitative estimate of drug-likeness (QED) is 0.340. The van der Waals surface area contributed by atoms with Crippen LogP contribution in [0, 0.1) is 0 Å². The Hall–Kier alpha value is -4.52. The van der Waals surface area contributed by atoms with Gasteiger partial charge >= 0.3 is 0 Å². The van der Waals surface area contributed by atoms with E-state index in [1.165, 1.54) is 10.2 Å². The highest BCUT2D eigenvalue weighted by Crippen LogP contribution is 2.29. The van der Waals surface area contributed by atoms with E-state index >= 15 is 0 Å². The molecule has 0 atom stereocenters. The average Bonchev–Trinajstić information content (AvgIpc) is 3.11. The fourth-order valence-corrected chi connectivity index (χ4v) is 3.90. The summed E-state index contributed by atoms with van der Waals surface area (Å²) in [6, 6.07) is 24.9. The van der Waals surface area contributed by atoms with Gasteiger partial charge in [0.1, 0.15) is 16.9 Å². The number of nitrogens with one attached hydrogen (secondary N) is 1. The maximum absolute atomic E-state index is 13.3. The zero-order valence-corrected chi connectivity index (χ0v) is 19.9. The molecule has 174 valence electrons. The normalized spacial score (nSPS) is 12.0. The number of benzene rings is 3. The van der Waals surface area contributed by atoms with Gasteiger partial charge < -0.3 is 11.1 Å². The van der Waals surface area contributed by atoms with E-state index in [1.807, 2.05) is 66.7 Å². The summed E-state index contributed by atoms with van der Waals surface area (Å²) < 4.78 is 1.48. The number of carbonyl (C=O) groups is 1. The molecule has 7 nitrogen and oxygen atoms in total. The van der Waals surface area contributed by atoms with E-state index in [0.717, 1.165) is 5.56 Å². The van der Waals surface area contributed by atoms with E-state index in [0.29, 0.717) is 27.9 Å². The zero-order chi connectivity index (χ0) is 24.6. The first-order chi connectivity index (χ1) is 16.8. The summed E-state index contributed by atoms with van der Waals surface area (Å²) in [7, 11) is 0. The largest absolute Gasteiger partial charge is 0.383 e. The Kier molecular flexibility index (Phi) is 5.53. The van der Waals surface area contributed by atoms with E-state index in [1.54, 1.807) is 6.21 Å². The van der Waals surface area contributed by atoms with E-state index in [2.05, 4.69) is 43.3 Å². The van der Waals surface area contributed by atoms with Crippen LogP contribution in [0.5, 0.6) is 0 Å². The minimum absolute atomic E-state index is 0.0639. The van der Waals surface area contributed by atoms with Crippen LogP contribution < -0.4 is 11.1 Å². The van der Waals surface area contributed by atoms with Crippen molar-refractivity contribution in [2.45, 2.75) is 26.2 Å². The molecule has 0 saturated carbocycles. The van der Waals surface area contributed by atoms with E-state index < -0.39 is 0 Å². The van der Waals surface area contributed by atoms with Gasteiger partial charge in [0.05, 0.1) is 17.2 Å². The van der Waals surface area contributed by atoms with Crippen LogP contribution in [0.4, 0.5) is 11.5 Å². The van der Waals surface area contributed by atoms with Gasteiger partial charge in [-0.15, -0.1) is 0 Å². The van der Waals surface area contributed by atoms with Gasteiger partial charge in [0.2, 0.25) is 0 Å². The van der Waals surface area contributed by atoms with Gasteiger partial charge in [-0.2, -0.15) is 9.78 Å². The lowest BCUT2D eigenvalue weighted by atomic mass is 9.87. The van der Waals surface area contributed by atoms with Crippen molar-refractivity contribution in [1.29, 1.82) is 0 Å². The first kappa shape index (κ1) is 22.3. The SMILES string of the molecule is CC(C)(C)c1ccc(C=Nn2c(N)c(C(=O)Nc3ccccc3)c3nc4ccccc4nc32)cc1. The van der Waals surface area contributed by atoms with Gasteiger partial charge in [-0.3, -0.25) is 4.79 Å². The van der Waals surface area contributed by atoms with Crippen molar-refractivity contribution >= 4 is 45.8 Å². The highest BCUT2D eigenvalue weighted by Gasteiger charge is 2.24. The molecule has 2 heterocycles. The van der Waals surface area contributed by atoms with Crippen LogP contribution in [-0.4, -0.2) is 26.8 Å². The summed E-state index contributed by atoms with van der Waals surface area (Å²) >= 11 is 0. The van der Waals surface area contributed by atoms with Crippen LogP contribution in [0.15, 0.2) is 84.0 Å². The molecule has 5 rings (SSSR count). The van der Waals surface area contributed by atoms with Gasteiger partial charge in [-0.1, -0.05) is 75.4 Å². The third-order valence-corrected chi connectivity index (χ3v) is 5.83. The summed E-state index contributed by atoms with van der Waals surface area (Å²) in [4.78, 5) is 22.7. The molecule has 1 amide bonds. The number of hydrogen-bond donors (Lipinski definition) is 2. The van der Waals surface area contributed by atoms with Crippen molar-refractivity contribution in [2.24, 2.45) is 5.10 Å². The number of carbonyl (C=O) groups excluding carboxylic acids is 1. The Balaban J connectivity index is 1.61. The van der Waals surface area contributed by atoms with E-state index in [9.17, 15) is 4.79 Å². The average molecular weight is 463 g/mol. The lowest BCUT2D eigenvalue weighted by molar-refractivity contribution is 0.102. The van der Waals surface area contributed by atoms with Crippen LogP contribution in [-0.2, 0) is 5.41 Å². The van der Waals surface area contributed by atoms with Crippen LogP contribution in [0.3, 0.4) is 0 Å². The van der Waals surface area contributed by atoms with Gasteiger partial charge in [-0.05, 0) is 40.8 Å². The first-order valence-corrected chi connectivity index (χ1v) is 11.4. The molecule has 0 aliphatic rings. The predicted molar refractivity (Wildman–Crippen MR) is 142 cm³/mol. The van der Waals surface area contributed by atoms with Crippen molar-refractivity contribution < 1.29 is 4.79 Å². The molecule has 35 heavy (non-hydrogen) atoms. The Morgan fingerprint density at radius 1 is 0.914 bits per heavy atom. The van der Waals surface area contributed by atoms with E-state index in [-0.39, 0.29) is 22.7 Å². The van der Waals surface area contributed by atoms with Crippen molar-refractivity contribution in [3.8, 4) is 0 Å². The lowest BCUT2D eigenvalue weighted by Gasteiger charge is -2.18. The van der Waals surface area contributed by atoms with Gasteiger partial charge in [0.25, 0.3) is 5.91 Å². The third-order valence-electron chi connectivity index (χ3n) is 5.83. The van der Waals surface area contributed by atoms with Crippen molar-refractivity contribution in [3.05, 3.63) is 95.6 Å². The summed E-state index contributed by atoms with van der Waals surface area (Å²) in [6.45, 7) is 6.52. The topological polar surface area (TPSA) is 98.2 Å². The number of nitrogens with two attached hydrogens (primary N) is 1. The number of para-hydroxylation sites is 3. The standard InChI is InChI=1S/C28H26N6O/c1-28(2,3)19-15-13-18(14-16-19)17-30-34-25(29)23(27(35)31-20-9-5-4-6-10-20)24-26(34)33-22-12-8-7-11-21(22)32-24/h4-17H,29H2,1-3H3,(H,31,35). The summed E-state index contributed by atoms with van der Waals surface area (Å²) in [6.07, 6.45) is 1.71. The number of hydrogen-bond acceptors (Lipinski definition) is 5. The highest BCUT2D eigenvalue weighted by atomic mass is 16.1. The van der Waals surface area contributed by atoms with Crippen LogP contribution in [0.1, 0.15) is 42.3 Å². The maximum atomic E-state index is 13.3. The molecule has 2 aromatic heterocycles. The predicted octanol–water partition coefficient (Wildman–Crippen LogP) is 5.60. The monoisotopic (exact) mass is 462 g/mol. The van der Waals surface area contributed by atoms with E-state index in [4.69, 9.17) is 15.7 Å². The second-order valence-corrected chi connectivity index (χ2v) is 9.39. The molecule has 0 bridgehead atoms. The molecule has 7 heteroatoms. The molecule has 0 aliphatic carbocycles. The zero-order valence-electron chi connectivity index (χ0n) is 19.9. The van der Waals surface area contributed by atoms with Gasteiger partial charge in [0.15, 0.2) is 5.65 Å². The Morgan fingerprint density at radius 3 is 2.20 bits per heavy atom. The Labute approximate surface area is 203 Å². The van der Waals surface area contributed by atoms with Gasteiger partial charge in [0, 0.05) is 5.69 Å². The summed E-state index contributed by atoms with van der Waals surface area (Å²) in [5.74, 6) is -0.196. The minimum atomic E-state index is -0.369. The molecule has 0 saturated heterocycles. The Morgan fingerprint density at radius 2 is 1.54 bits per heavy atom. The maximum Gasteiger partial charge on any atom is 0.261 e. The highest BCUT2D eigenvalue weighted by molar-refractivity contribution is 6.16. The van der Waals surface area contributed by atoms with Crippen LogP contribution in [0.25, 0.3) is 22.2 Å². The molecule has 0 fully saturated rings. The van der Waals surface area contributed by atoms with Crippen molar-refractivity contribution in [2.75, 3.05) is 11.1 Å². The lowest BCUT2D eigenvalue weighted by Crippen LogP contribution is -2.14. The molecular formula is C28H26N6O. The fourth-order valence-electron chi connectivity index (χ4n) is 3.90. The first-order valence-electron chi connectivity index (χ1n) is 11.4. The minimum Gasteiger partial charge on any atom is -0.383 e. The summed E-state index contributed by atoms with van der Waals surface area (Å²) in [5.41, 5.74) is 11.8. The number of nitrogens with zero attached hydrogens (tertiary/aromatic N) is 4. The van der Waals surface area contributed by atoms with Crippen LogP contribution in [0.2, 0.25) is 0 Å². The molecule has 0 spiro atoms. The molecule has 0 unspecified atom stereocenters. The smallest absolute Gasteiger partial charge is 0.261 e. The second-order valence-electron chi connectivity index (χ2n) is 9.39. The molecule has 5 aromatic rings. The van der Waals surface area contributed by atoms with Gasteiger partial charge in [-0.25, -0.2) is 9.97 Å². The second kappa shape index (κ2) is 8.68. The van der Waals surface area contributed by atoms with Crippen molar-refractivity contribution in [3.63, 3.8) is 0 Å². The number of amides is 1. The molecule has 0 radical (unpaired) electrons. The fraction of sp³-hybridized carbons (Fsp3) is 0.143. The molecule has 0 aliphatic heterocycles. The van der Waals surface area contributed by atoms with Crippen molar-refractivity contribution in [1.82, 2.24) is 14.6 Å². The van der Waals surface area contributed by atoms with Crippen LogP contribution >= 0.6 is 0 Å². The molecular weight excluding hydrogens is 436 g/mol. The number of fused-ring (bicyclic) bond motifs is 2. The summed E-state index contributed by atoms with van der Waals surface area (Å²) in [5, 5.41) is 7.49. The Bertz CT molecular complexity index is 1560. The molecule has 3 N–H and O–H groups in total.